The van der Waals surface area contributed by atoms with Crippen molar-refractivity contribution in [1.29, 1.82) is 10.5 Å². The molecule has 0 aliphatic heterocycles. The lowest BCUT2D eigenvalue weighted by atomic mass is 10.1. The molecule has 148 valence electrons. The first kappa shape index (κ1) is 21.8. The molecule has 0 saturated carbocycles. The van der Waals surface area contributed by atoms with Crippen molar-refractivity contribution in [2.45, 2.75) is 6.54 Å². The molecule has 0 fully saturated rings. The molecule has 0 radical (unpaired) electrons. The van der Waals surface area contributed by atoms with Crippen LogP contribution in [-0.2, 0) is 11.3 Å². The van der Waals surface area contributed by atoms with Crippen LogP contribution in [0.3, 0.4) is 0 Å². The fourth-order valence-corrected chi connectivity index (χ4v) is 2.81. The number of ether oxygens (including phenoxy) is 3. The zero-order chi connectivity index (χ0) is 21.2. The number of nitriles is 2. The number of nitrogens with one attached hydrogen (secondary N) is 1. The van der Waals surface area contributed by atoms with Crippen LogP contribution >= 0.6 is 15.9 Å². The summed E-state index contributed by atoms with van der Waals surface area (Å²) in [5.74, 6) is 0.976. The topological polar surface area (TPSA) is 104 Å². The molecule has 0 heterocycles. The van der Waals surface area contributed by atoms with Gasteiger partial charge in [-0.15, -0.1) is 0 Å². The van der Waals surface area contributed by atoms with Crippen LogP contribution in [-0.4, -0.2) is 26.7 Å². The first-order valence-electron chi connectivity index (χ1n) is 8.42. The summed E-state index contributed by atoms with van der Waals surface area (Å²) in [7, 11) is 3.04. The van der Waals surface area contributed by atoms with Gasteiger partial charge in [-0.25, -0.2) is 0 Å². The Morgan fingerprint density at radius 2 is 1.86 bits per heavy atom. The average molecular weight is 456 g/mol. The first-order valence-corrected chi connectivity index (χ1v) is 9.21. The fraction of sp³-hybridized carbons (Fsp3) is 0.190. The number of hydrogen-bond donors (Lipinski definition) is 1. The molecule has 1 N–H and O–H groups in total. The maximum absolute atomic E-state index is 12.4. The van der Waals surface area contributed by atoms with E-state index in [2.05, 4.69) is 21.2 Å². The molecule has 29 heavy (non-hydrogen) atoms. The quantitative estimate of drug-likeness (QED) is 0.481. The van der Waals surface area contributed by atoms with Crippen LogP contribution in [0.1, 0.15) is 11.1 Å². The Bertz CT molecular complexity index is 989. The molecule has 0 spiro atoms. The summed E-state index contributed by atoms with van der Waals surface area (Å²) >= 11 is 3.38. The van der Waals surface area contributed by atoms with E-state index in [0.29, 0.717) is 21.5 Å². The van der Waals surface area contributed by atoms with Crippen molar-refractivity contribution in [2.24, 2.45) is 0 Å². The van der Waals surface area contributed by atoms with E-state index in [-0.39, 0.29) is 18.7 Å². The van der Waals surface area contributed by atoms with Gasteiger partial charge in [0.05, 0.1) is 14.2 Å². The number of carbonyl (C=O) groups excluding carboxylic acids is 1. The molecule has 0 atom stereocenters. The predicted octanol–water partition coefficient (Wildman–Crippen LogP) is 3.59. The van der Waals surface area contributed by atoms with Crippen LogP contribution in [0.5, 0.6) is 17.2 Å². The molecular formula is C21H18BrN3O4. The number of amides is 1. The highest BCUT2D eigenvalue weighted by atomic mass is 79.9. The lowest BCUT2D eigenvalue weighted by Gasteiger charge is -2.11. The maximum atomic E-state index is 12.4. The molecule has 0 saturated heterocycles. The van der Waals surface area contributed by atoms with Gasteiger partial charge < -0.3 is 19.5 Å². The molecule has 0 unspecified atom stereocenters. The molecule has 7 nitrogen and oxygen atoms in total. The summed E-state index contributed by atoms with van der Waals surface area (Å²) in [6.07, 6.45) is 1.45. The van der Waals surface area contributed by atoms with E-state index in [4.69, 9.17) is 19.5 Å². The number of rotatable bonds is 8. The largest absolute Gasteiger partial charge is 0.497 e. The number of halogens is 1. The Labute approximate surface area is 177 Å². The van der Waals surface area contributed by atoms with Crippen molar-refractivity contribution in [3.63, 3.8) is 0 Å². The normalized spacial score (nSPS) is 10.4. The van der Waals surface area contributed by atoms with E-state index in [1.807, 2.05) is 24.3 Å². The second-order valence-electron chi connectivity index (χ2n) is 5.67. The zero-order valence-corrected chi connectivity index (χ0v) is 17.4. The van der Waals surface area contributed by atoms with Crippen molar-refractivity contribution in [1.82, 2.24) is 5.32 Å². The summed E-state index contributed by atoms with van der Waals surface area (Å²) in [5.41, 5.74) is 1.37. The van der Waals surface area contributed by atoms with E-state index in [1.54, 1.807) is 31.4 Å². The van der Waals surface area contributed by atoms with Gasteiger partial charge in [0.2, 0.25) is 0 Å². The van der Waals surface area contributed by atoms with Crippen molar-refractivity contribution in [3.8, 4) is 29.4 Å². The summed E-state index contributed by atoms with van der Waals surface area (Å²) in [6.45, 7) is 0.141. The summed E-state index contributed by atoms with van der Waals surface area (Å²) < 4.78 is 16.2. The van der Waals surface area contributed by atoms with Crippen molar-refractivity contribution in [3.05, 3.63) is 57.6 Å². The molecule has 0 aromatic heterocycles. The lowest BCUT2D eigenvalue weighted by molar-refractivity contribution is -0.117. The molecule has 0 aliphatic rings. The minimum atomic E-state index is -0.501. The highest BCUT2D eigenvalue weighted by Gasteiger charge is 2.13. The Balaban J connectivity index is 2.18. The Morgan fingerprint density at radius 1 is 1.14 bits per heavy atom. The SMILES string of the molecule is COc1ccc(CNC(=O)/C(C#N)=C\c2cc(OC)c(OCC#N)cc2Br)cc1. The third kappa shape index (κ3) is 6.00. The minimum Gasteiger partial charge on any atom is -0.497 e. The number of carbonyl (C=O) groups is 1. The fourth-order valence-electron chi connectivity index (χ4n) is 2.37. The molecule has 2 aromatic carbocycles. The second kappa shape index (κ2) is 10.7. The highest BCUT2D eigenvalue weighted by Crippen LogP contribution is 2.34. The van der Waals surface area contributed by atoms with Crippen LogP contribution < -0.4 is 19.5 Å². The van der Waals surface area contributed by atoms with Crippen LogP contribution in [0, 0.1) is 22.7 Å². The van der Waals surface area contributed by atoms with E-state index in [9.17, 15) is 10.1 Å². The number of hydrogen-bond acceptors (Lipinski definition) is 6. The smallest absolute Gasteiger partial charge is 0.262 e. The van der Waals surface area contributed by atoms with Gasteiger partial charge >= 0.3 is 0 Å². The van der Waals surface area contributed by atoms with Gasteiger partial charge in [0.25, 0.3) is 5.91 Å². The molecular weight excluding hydrogens is 438 g/mol. The van der Waals surface area contributed by atoms with Crippen LogP contribution in [0.2, 0.25) is 0 Å². The van der Waals surface area contributed by atoms with Crippen molar-refractivity contribution >= 4 is 27.9 Å². The summed E-state index contributed by atoms with van der Waals surface area (Å²) in [5, 5.41) is 20.8. The number of methoxy groups -OCH3 is 2. The van der Waals surface area contributed by atoms with Gasteiger partial charge in [-0.05, 0) is 41.5 Å². The summed E-state index contributed by atoms with van der Waals surface area (Å²) in [6, 6.07) is 14.3. The molecule has 2 aromatic rings. The van der Waals surface area contributed by atoms with Gasteiger partial charge in [-0.1, -0.05) is 28.1 Å². The van der Waals surface area contributed by atoms with Gasteiger partial charge in [0, 0.05) is 11.0 Å². The van der Waals surface area contributed by atoms with E-state index in [1.165, 1.54) is 13.2 Å². The van der Waals surface area contributed by atoms with Gasteiger partial charge in [-0.3, -0.25) is 4.79 Å². The molecule has 0 bridgehead atoms. The number of benzene rings is 2. The Hall–Kier alpha value is -3.49. The van der Waals surface area contributed by atoms with E-state index in [0.717, 1.165) is 11.3 Å². The van der Waals surface area contributed by atoms with Crippen LogP contribution in [0.15, 0.2) is 46.4 Å². The Morgan fingerprint density at radius 3 is 2.45 bits per heavy atom. The molecule has 2 rings (SSSR count). The molecule has 8 heteroatoms. The van der Waals surface area contributed by atoms with Crippen LogP contribution in [0.4, 0.5) is 0 Å². The van der Waals surface area contributed by atoms with Crippen LogP contribution in [0.25, 0.3) is 6.08 Å². The minimum absolute atomic E-state index is 0.0630. The van der Waals surface area contributed by atoms with Gasteiger partial charge in [-0.2, -0.15) is 10.5 Å². The van der Waals surface area contributed by atoms with Crippen molar-refractivity contribution in [2.75, 3.05) is 20.8 Å². The van der Waals surface area contributed by atoms with Crippen molar-refractivity contribution < 1.29 is 19.0 Å². The molecule has 0 aliphatic carbocycles. The molecule has 1 amide bonds. The average Bonchev–Trinajstić information content (AvgIpc) is 2.75. The maximum Gasteiger partial charge on any atom is 0.262 e. The highest BCUT2D eigenvalue weighted by molar-refractivity contribution is 9.10. The zero-order valence-electron chi connectivity index (χ0n) is 15.9. The van der Waals surface area contributed by atoms with Gasteiger partial charge in [0.15, 0.2) is 18.1 Å². The predicted molar refractivity (Wildman–Crippen MR) is 110 cm³/mol. The third-order valence-corrected chi connectivity index (χ3v) is 4.54. The second-order valence-corrected chi connectivity index (χ2v) is 6.53. The standard InChI is InChI=1S/C21H18BrN3O4/c1-27-17-5-3-14(4-6-17)13-25-21(26)16(12-24)9-15-10-19(28-2)20(11-18(15)22)29-8-7-23/h3-6,9-11H,8,13H2,1-2H3,(H,25,26)/b16-9-. The number of nitrogens with zero attached hydrogens (tertiary/aromatic N) is 2. The lowest BCUT2D eigenvalue weighted by Crippen LogP contribution is -2.23. The monoisotopic (exact) mass is 455 g/mol. The van der Waals surface area contributed by atoms with Gasteiger partial charge in [0.1, 0.15) is 23.5 Å². The van der Waals surface area contributed by atoms with E-state index >= 15 is 0 Å². The third-order valence-electron chi connectivity index (χ3n) is 3.85. The first-order chi connectivity index (χ1) is 14.0. The summed E-state index contributed by atoms with van der Waals surface area (Å²) in [4.78, 5) is 12.4. The Kier molecular flexibility index (Phi) is 8.08. The van der Waals surface area contributed by atoms with E-state index < -0.39 is 5.91 Å².